The number of methoxy groups -OCH3 is 1. The van der Waals surface area contributed by atoms with Crippen molar-refractivity contribution in [3.05, 3.63) is 24.3 Å². The molecule has 0 radical (unpaired) electrons. The van der Waals surface area contributed by atoms with Crippen LogP contribution in [0.3, 0.4) is 0 Å². The lowest BCUT2D eigenvalue weighted by Gasteiger charge is -2.32. The maximum absolute atomic E-state index is 5.52. The molecule has 2 heterocycles. The predicted molar refractivity (Wildman–Crippen MR) is 109 cm³/mol. The van der Waals surface area contributed by atoms with Crippen LogP contribution in [-0.2, 0) is 11.3 Å². The van der Waals surface area contributed by atoms with Gasteiger partial charge in [0.05, 0.1) is 20.3 Å². The van der Waals surface area contributed by atoms with Crippen molar-refractivity contribution < 1.29 is 9.47 Å². The molecule has 1 aliphatic heterocycles. The molecular formula is C20H30N4O2S. The molecule has 1 aromatic carbocycles. The number of benzene rings is 1. The largest absolute Gasteiger partial charge is 0.497 e. The van der Waals surface area contributed by atoms with Crippen LogP contribution < -0.4 is 4.74 Å². The number of rotatable bonds is 9. The van der Waals surface area contributed by atoms with Crippen LogP contribution >= 0.6 is 11.8 Å². The number of hydrogen-bond acceptors (Lipinski definition) is 6. The van der Waals surface area contributed by atoms with E-state index in [4.69, 9.17) is 9.47 Å². The first-order valence-electron chi connectivity index (χ1n) is 9.75. The minimum absolute atomic E-state index is 0.493. The van der Waals surface area contributed by atoms with E-state index in [-0.39, 0.29) is 0 Å². The zero-order valence-electron chi connectivity index (χ0n) is 16.6. The molecule has 148 valence electrons. The molecule has 0 N–H and O–H groups in total. The molecule has 2 aromatic rings. The normalized spacial score (nSPS) is 18.0. The quantitative estimate of drug-likeness (QED) is 0.610. The molecule has 0 aliphatic carbocycles. The van der Waals surface area contributed by atoms with Crippen molar-refractivity contribution in [3.63, 3.8) is 0 Å². The summed E-state index contributed by atoms with van der Waals surface area (Å²) < 4.78 is 13.1. The highest BCUT2D eigenvalue weighted by Crippen LogP contribution is 2.26. The zero-order valence-corrected chi connectivity index (χ0v) is 17.4. The molecule has 1 aromatic heterocycles. The fourth-order valence-electron chi connectivity index (χ4n) is 3.21. The van der Waals surface area contributed by atoms with Gasteiger partial charge in [-0.25, -0.2) is 0 Å². The van der Waals surface area contributed by atoms with Crippen LogP contribution in [0.25, 0.3) is 11.4 Å². The van der Waals surface area contributed by atoms with Crippen LogP contribution in [0, 0.1) is 0 Å². The first-order valence-corrected chi connectivity index (χ1v) is 10.7. The first-order chi connectivity index (χ1) is 13.2. The second-order valence-electron chi connectivity index (χ2n) is 6.85. The summed E-state index contributed by atoms with van der Waals surface area (Å²) in [4.78, 5) is 2.49. The van der Waals surface area contributed by atoms with Gasteiger partial charge in [-0.1, -0.05) is 25.1 Å². The minimum Gasteiger partial charge on any atom is -0.497 e. The fourth-order valence-corrected chi connectivity index (χ4v) is 4.16. The summed E-state index contributed by atoms with van der Waals surface area (Å²) in [6, 6.07) is 8.54. The van der Waals surface area contributed by atoms with Gasteiger partial charge in [0.2, 0.25) is 0 Å². The Morgan fingerprint density at radius 1 is 1.22 bits per heavy atom. The van der Waals surface area contributed by atoms with Gasteiger partial charge in [0.1, 0.15) is 5.75 Å². The lowest BCUT2D eigenvalue weighted by molar-refractivity contribution is 0.00298. The Morgan fingerprint density at radius 3 is 2.74 bits per heavy atom. The number of nitrogens with zero attached hydrogens (tertiary/aromatic N) is 4. The van der Waals surface area contributed by atoms with Crippen molar-refractivity contribution in [1.29, 1.82) is 0 Å². The third-order valence-electron chi connectivity index (χ3n) is 4.92. The highest BCUT2D eigenvalue weighted by molar-refractivity contribution is 7.99. The second-order valence-corrected chi connectivity index (χ2v) is 7.91. The van der Waals surface area contributed by atoms with Crippen molar-refractivity contribution in [1.82, 2.24) is 19.7 Å². The van der Waals surface area contributed by atoms with Gasteiger partial charge < -0.3 is 14.0 Å². The van der Waals surface area contributed by atoms with Crippen LogP contribution in [0.1, 0.15) is 26.7 Å². The van der Waals surface area contributed by atoms with Crippen molar-refractivity contribution in [3.8, 4) is 17.1 Å². The predicted octanol–water partition coefficient (Wildman–Crippen LogP) is 3.57. The summed E-state index contributed by atoms with van der Waals surface area (Å²) in [5.41, 5.74) is 1.08. The molecule has 0 unspecified atom stereocenters. The van der Waals surface area contributed by atoms with Crippen molar-refractivity contribution in [2.24, 2.45) is 0 Å². The Morgan fingerprint density at radius 2 is 2.04 bits per heavy atom. The maximum Gasteiger partial charge on any atom is 0.191 e. The van der Waals surface area contributed by atoms with Crippen molar-refractivity contribution in [2.45, 2.75) is 44.4 Å². The van der Waals surface area contributed by atoms with Crippen molar-refractivity contribution in [2.75, 3.05) is 39.2 Å². The molecule has 27 heavy (non-hydrogen) atoms. The van der Waals surface area contributed by atoms with Crippen LogP contribution in [-0.4, -0.2) is 64.9 Å². The van der Waals surface area contributed by atoms with Gasteiger partial charge in [-0.3, -0.25) is 4.90 Å². The SMILES string of the molecule is CCCCn1c(SCCN2CCOC[C@H]2C)nnc1-c1ccc(OC)cc1. The number of thioether (sulfide) groups is 1. The molecule has 0 bridgehead atoms. The number of morpholine rings is 1. The summed E-state index contributed by atoms with van der Waals surface area (Å²) in [6.07, 6.45) is 2.27. The minimum atomic E-state index is 0.493. The van der Waals surface area contributed by atoms with Gasteiger partial charge in [-0.15, -0.1) is 10.2 Å². The third-order valence-corrected chi connectivity index (χ3v) is 5.86. The summed E-state index contributed by atoms with van der Waals surface area (Å²) in [6.45, 7) is 9.12. The average Bonchev–Trinajstić information content (AvgIpc) is 3.10. The molecule has 1 fully saturated rings. The van der Waals surface area contributed by atoms with E-state index in [0.717, 1.165) is 73.7 Å². The topological polar surface area (TPSA) is 52.4 Å². The Balaban J connectivity index is 1.69. The van der Waals surface area contributed by atoms with E-state index in [1.165, 1.54) is 0 Å². The second kappa shape index (κ2) is 10.1. The standard InChI is InChI=1S/C20H30N4O2S/c1-4-5-10-24-19(17-6-8-18(25-3)9-7-17)21-22-20(24)27-14-12-23-11-13-26-15-16(23)2/h6-9,16H,4-5,10-15H2,1-3H3/t16-/m1/s1. The smallest absolute Gasteiger partial charge is 0.191 e. The summed E-state index contributed by atoms with van der Waals surface area (Å²) >= 11 is 1.80. The Hall–Kier alpha value is -1.57. The number of aromatic nitrogens is 3. The average molecular weight is 391 g/mol. The molecule has 3 rings (SSSR count). The van der Waals surface area contributed by atoms with Crippen LogP contribution in [0.2, 0.25) is 0 Å². The third kappa shape index (κ3) is 5.24. The van der Waals surface area contributed by atoms with Gasteiger partial charge in [-0.2, -0.15) is 0 Å². The highest BCUT2D eigenvalue weighted by Gasteiger charge is 2.19. The van der Waals surface area contributed by atoms with E-state index >= 15 is 0 Å². The monoisotopic (exact) mass is 390 g/mol. The molecule has 6 nitrogen and oxygen atoms in total. The van der Waals surface area contributed by atoms with E-state index in [2.05, 4.69) is 45.6 Å². The van der Waals surface area contributed by atoms with Crippen LogP contribution in [0.15, 0.2) is 29.4 Å². The van der Waals surface area contributed by atoms with Gasteiger partial charge in [0.25, 0.3) is 0 Å². The van der Waals surface area contributed by atoms with Gasteiger partial charge in [0.15, 0.2) is 11.0 Å². The Bertz CT molecular complexity index is 705. The fraction of sp³-hybridized carbons (Fsp3) is 0.600. The number of unbranched alkanes of at least 4 members (excludes halogenated alkanes) is 1. The van der Waals surface area contributed by atoms with E-state index in [0.29, 0.717) is 6.04 Å². The Labute approximate surface area is 166 Å². The number of ether oxygens (including phenoxy) is 2. The summed E-state index contributed by atoms with van der Waals surface area (Å²) in [5, 5.41) is 9.99. The maximum atomic E-state index is 5.52. The molecule has 0 spiro atoms. The summed E-state index contributed by atoms with van der Waals surface area (Å²) in [7, 11) is 1.68. The van der Waals surface area contributed by atoms with Gasteiger partial charge in [0, 0.05) is 37.0 Å². The van der Waals surface area contributed by atoms with E-state index in [1.807, 2.05) is 12.1 Å². The molecule has 1 atom stereocenters. The molecule has 7 heteroatoms. The summed E-state index contributed by atoms with van der Waals surface area (Å²) in [5.74, 6) is 2.80. The molecule has 0 amide bonds. The van der Waals surface area contributed by atoms with Crippen LogP contribution in [0.4, 0.5) is 0 Å². The van der Waals surface area contributed by atoms with Crippen LogP contribution in [0.5, 0.6) is 5.75 Å². The molecular weight excluding hydrogens is 360 g/mol. The molecule has 1 saturated heterocycles. The Kier molecular flexibility index (Phi) is 7.55. The van der Waals surface area contributed by atoms with E-state index < -0.39 is 0 Å². The van der Waals surface area contributed by atoms with E-state index in [1.54, 1.807) is 18.9 Å². The number of hydrogen-bond donors (Lipinski definition) is 0. The van der Waals surface area contributed by atoms with Gasteiger partial charge >= 0.3 is 0 Å². The zero-order chi connectivity index (χ0) is 19.1. The highest BCUT2D eigenvalue weighted by atomic mass is 32.2. The first kappa shape index (κ1) is 20.2. The van der Waals surface area contributed by atoms with E-state index in [9.17, 15) is 0 Å². The lowest BCUT2D eigenvalue weighted by atomic mass is 10.2. The lowest BCUT2D eigenvalue weighted by Crippen LogP contribution is -2.44. The van der Waals surface area contributed by atoms with Crippen molar-refractivity contribution >= 4 is 11.8 Å². The molecule has 0 saturated carbocycles. The van der Waals surface area contributed by atoms with Gasteiger partial charge in [-0.05, 0) is 37.6 Å². The molecule has 1 aliphatic rings.